The molecule has 0 aliphatic rings. The van der Waals surface area contributed by atoms with Crippen molar-refractivity contribution < 1.29 is 0 Å². The van der Waals surface area contributed by atoms with Crippen molar-refractivity contribution in [3.05, 3.63) is 176 Å². The second-order valence-corrected chi connectivity index (χ2v) is 13.6. The molecule has 0 unspecified atom stereocenters. The lowest BCUT2D eigenvalue weighted by atomic mass is 9.94. The molecule has 1 aromatic heterocycles. The van der Waals surface area contributed by atoms with E-state index < -0.39 is 0 Å². The van der Waals surface area contributed by atoms with E-state index in [1.807, 2.05) is 11.3 Å². The van der Waals surface area contributed by atoms with E-state index >= 15 is 0 Å². The lowest BCUT2D eigenvalue weighted by molar-refractivity contribution is 1.30. The van der Waals surface area contributed by atoms with Gasteiger partial charge in [-0.2, -0.15) is 0 Å². The van der Waals surface area contributed by atoms with Crippen molar-refractivity contribution in [3.63, 3.8) is 0 Å². The highest BCUT2D eigenvalue weighted by Crippen LogP contribution is 2.44. The van der Waals surface area contributed by atoms with Gasteiger partial charge in [0.2, 0.25) is 0 Å². The van der Waals surface area contributed by atoms with Crippen molar-refractivity contribution in [1.82, 2.24) is 0 Å². The fourth-order valence-electron chi connectivity index (χ4n) is 7.63. The first-order valence-corrected chi connectivity index (χ1v) is 17.2. The van der Waals surface area contributed by atoms with Gasteiger partial charge in [0.05, 0.1) is 0 Å². The van der Waals surface area contributed by atoms with Gasteiger partial charge in [-0.3, -0.25) is 0 Å². The van der Waals surface area contributed by atoms with Crippen molar-refractivity contribution in [3.8, 4) is 11.1 Å². The van der Waals surface area contributed by atoms with Crippen molar-refractivity contribution >= 4 is 91.7 Å². The summed E-state index contributed by atoms with van der Waals surface area (Å²) in [5.74, 6) is 0. The number of anilines is 3. The summed E-state index contributed by atoms with van der Waals surface area (Å²) in [5.41, 5.74) is 5.86. The van der Waals surface area contributed by atoms with Crippen LogP contribution in [0.5, 0.6) is 0 Å². The van der Waals surface area contributed by atoms with Crippen LogP contribution in [0.1, 0.15) is 0 Å². The minimum atomic E-state index is 1.13. The highest BCUT2D eigenvalue weighted by atomic mass is 32.1. The molecule has 1 heterocycles. The van der Waals surface area contributed by atoms with Crippen molar-refractivity contribution in [2.45, 2.75) is 0 Å². The molecule has 0 fully saturated rings. The van der Waals surface area contributed by atoms with Gasteiger partial charge in [0, 0.05) is 37.2 Å². The summed E-state index contributed by atoms with van der Waals surface area (Å²) in [6.07, 6.45) is 0. The molecule has 0 radical (unpaired) electrons. The molecule has 9 aromatic carbocycles. The van der Waals surface area contributed by atoms with Crippen LogP contribution in [-0.4, -0.2) is 0 Å². The van der Waals surface area contributed by atoms with E-state index in [1.54, 1.807) is 0 Å². The summed E-state index contributed by atoms with van der Waals surface area (Å²) < 4.78 is 2.61. The molecule has 10 aromatic rings. The third-order valence-electron chi connectivity index (χ3n) is 9.81. The quantitative estimate of drug-likeness (QED) is 0.176. The number of nitrogens with zero attached hydrogens (tertiary/aromatic N) is 1. The normalized spacial score (nSPS) is 11.8. The Morgan fingerprint density at radius 2 is 0.833 bits per heavy atom. The fraction of sp³-hybridized carbons (Fsp3) is 0. The standard InChI is InChI=1S/C46H29NS/c1-2-15-35-30(11-1)12-10-21-36(35)31-13-9-14-32(27-31)47(34-24-26-43-42-20-7-8-22-45(42)48-46(43)29-34)33-23-25-41-39-18-4-3-16-37(39)38-17-5-6-19-40(38)44(41)28-33/h1-29H. The van der Waals surface area contributed by atoms with Gasteiger partial charge in [-0.25, -0.2) is 0 Å². The maximum Gasteiger partial charge on any atom is 0.0476 e. The minimum Gasteiger partial charge on any atom is -0.310 e. The molecule has 0 spiro atoms. The van der Waals surface area contributed by atoms with Crippen LogP contribution in [-0.2, 0) is 0 Å². The van der Waals surface area contributed by atoms with Gasteiger partial charge in [0.15, 0.2) is 0 Å². The number of benzene rings is 9. The molecule has 1 nitrogen and oxygen atoms in total. The Morgan fingerprint density at radius 1 is 0.312 bits per heavy atom. The first-order chi connectivity index (χ1) is 23.8. The van der Waals surface area contributed by atoms with Crippen LogP contribution in [0, 0.1) is 0 Å². The molecule has 0 N–H and O–H groups in total. The average molecular weight is 628 g/mol. The highest BCUT2D eigenvalue weighted by Gasteiger charge is 2.18. The number of thiophene rings is 1. The molecular weight excluding hydrogens is 599 g/mol. The van der Waals surface area contributed by atoms with E-state index in [1.165, 1.54) is 74.4 Å². The fourth-order valence-corrected chi connectivity index (χ4v) is 8.76. The maximum absolute atomic E-state index is 2.43. The second-order valence-electron chi connectivity index (χ2n) is 12.5. The molecule has 0 atom stereocenters. The third-order valence-corrected chi connectivity index (χ3v) is 10.9. The van der Waals surface area contributed by atoms with Gasteiger partial charge in [-0.15, -0.1) is 11.3 Å². The van der Waals surface area contributed by atoms with E-state index in [-0.39, 0.29) is 0 Å². The Morgan fingerprint density at radius 3 is 1.60 bits per heavy atom. The summed E-state index contributed by atoms with van der Waals surface area (Å²) in [5, 5.41) is 12.8. The Hall–Kier alpha value is -5.96. The van der Waals surface area contributed by atoms with E-state index in [0.717, 1.165) is 17.1 Å². The van der Waals surface area contributed by atoms with Crippen LogP contribution < -0.4 is 4.90 Å². The zero-order valence-corrected chi connectivity index (χ0v) is 26.9. The summed E-state index contributed by atoms with van der Waals surface area (Å²) in [6.45, 7) is 0. The largest absolute Gasteiger partial charge is 0.310 e. The zero-order chi connectivity index (χ0) is 31.6. The maximum atomic E-state index is 2.43. The number of rotatable bonds is 4. The Labute approximate surface area is 282 Å². The van der Waals surface area contributed by atoms with Gasteiger partial charge >= 0.3 is 0 Å². The lowest BCUT2D eigenvalue weighted by Gasteiger charge is -2.27. The van der Waals surface area contributed by atoms with Gasteiger partial charge < -0.3 is 4.90 Å². The first-order valence-electron chi connectivity index (χ1n) is 16.4. The van der Waals surface area contributed by atoms with Crippen molar-refractivity contribution in [2.24, 2.45) is 0 Å². The lowest BCUT2D eigenvalue weighted by Crippen LogP contribution is -2.10. The number of hydrogen-bond acceptors (Lipinski definition) is 2. The predicted octanol–water partition coefficient (Wildman–Crippen LogP) is 13.8. The van der Waals surface area contributed by atoms with Crippen LogP contribution in [0.2, 0.25) is 0 Å². The van der Waals surface area contributed by atoms with Crippen LogP contribution in [0.4, 0.5) is 17.1 Å². The topological polar surface area (TPSA) is 3.24 Å². The third kappa shape index (κ3) is 4.24. The molecule has 224 valence electrons. The van der Waals surface area contributed by atoms with Crippen molar-refractivity contribution in [2.75, 3.05) is 4.90 Å². The summed E-state index contributed by atoms with van der Waals surface area (Å²) >= 11 is 1.86. The molecular formula is C46H29NS. The molecule has 0 aliphatic heterocycles. The molecule has 0 amide bonds. The van der Waals surface area contributed by atoms with E-state index in [2.05, 4.69) is 181 Å². The highest BCUT2D eigenvalue weighted by molar-refractivity contribution is 7.25. The number of hydrogen-bond donors (Lipinski definition) is 0. The van der Waals surface area contributed by atoms with E-state index in [0.29, 0.717) is 0 Å². The van der Waals surface area contributed by atoms with Crippen LogP contribution in [0.25, 0.3) is 74.4 Å². The van der Waals surface area contributed by atoms with Crippen LogP contribution >= 0.6 is 11.3 Å². The summed E-state index contributed by atoms with van der Waals surface area (Å²) in [4.78, 5) is 2.43. The molecule has 10 rings (SSSR count). The van der Waals surface area contributed by atoms with Gasteiger partial charge in [-0.1, -0.05) is 133 Å². The van der Waals surface area contributed by atoms with E-state index in [9.17, 15) is 0 Å². The van der Waals surface area contributed by atoms with Gasteiger partial charge in [-0.05, 0) is 96.7 Å². The average Bonchev–Trinajstić information content (AvgIpc) is 3.53. The smallest absolute Gasteiger partial charge is 0.0476 e. The first kappa shape index (κ1) is 27.2. The van der Waals surface area contributed by atoms with Gasteiger partial charge in [0.1, 0.15) is 0 Å². The second kappa shape index (κ2) is 10.8. The zero-order valence-electron chi connectivity index (χ0n) is 26.1. The molecule has 0 aliphatic carbocycles. The summed E-state index contributed by atoms with van der Waals surface area (Å²) in [7, 11) is 0. The molecule has 2 heteroatoms. The molecule has 48 heavy (non-hydrogen) atoms. The monoisotopic (exact) mass is 627 g/mol. The minimum absolute atomic E-state index is 1.13. The van der Waals surface area contributed by atoms with E-state index in [4.69, 9.17) is 0 Å². The van der Waals surface area contributed by atoms with Crippen LogP contribution in [0.15, 0.2) is 176 Å². The van der Waals surface area contributed by atoms with Crippen molar-refractivity contribution in [1.29, 1.82) is 0 Å². The molecule has 0 bridgehead atoms. The molecule has 0 saturated heterocycles. The summed E-state index contributed by atoms with van der Waals surface area (Å²) in [6, 6.07) is 64.6. The van der Waals surface area contributed by atoms with Gasteiger partial charge in [0.25, 0.3) is 0 Å². The molecule has 0 saturated carbocycles. The Balaban J connectivity index is 1.23. The SMILES string of the molecule is c1cc(-c2cccc3ccccc23)cc(N(c2ccc3c(c2)sc2ccccc23)c2ccc3c4ccccc4c4ccccc4c3c2)c1. The number of fused-ring (bicyclic) bond motifs is 10. The van der Waals surface area contributed by atoms with Crippen LogP contribution in [0.3, 0.4) is 0 Å². The predicted molar refractivity (Wildman–Crippen MR) is 209 cm³/mol. The Kier molecular flexibility index (Phi) is 6.12. The Bertz CT molecular complexity index is 2820.